The van der Waals surface area contributed by atoms with Crippen molar-refractivity contribution < 1.29 is 0 Å². The molecular formula is C25H28N2. The molecule has 2 nitrogen and oxygen atoms in total. The second kappa shape index (κ2) is 8.98. The number of hydrogen-bond donors (Lipinski definition) is 0. The van der Waals surface area contributed by atoms with E-state index in [9.17, 15) is 0 Å². The zero-order valence-corrected chi connectivity index (χ0v) is 15.9. The van der Waals surface area contributed by atoms with E-state index in [-0.39, 0.29) is 0 Å². The van der Waals surface area contributed by atoms with Crippen molar-refractivity contribution in [2.24, 2.45) is 0 Å². The Bertz CT molecular complexity index is 788. The van der Waals surface area contributed by atoms with E-state index in [1.165, 1.54) is 35.2 Å². The van der Waals surface area contributed by atoms with Crippen molar-refractivity contribution in [1.82, 2.24) is 9.80 Å². The predicted molar refractivity (Wildman–Crippen MR) is 112 cm³/mol. The van der Waals surface area contributed by atoms with Crippen LogP contribution in [0.5, 0.6) is 0 Å². The fraction of sp³-hybridized carbons (Fsp3) is 0.280. The number of benzene rings is 3. The first-order valence-electron chi connectivity index (χ1n) is 9.96. The van der Waals surface area contributed by atoms with Crippen LogP contribution < -0.4 is 0 Å². The van der Waals surface area contributed by atoms with Crippen LogP contribution in [0.3, 0.4) is 0 Å². The Hall–Kier alpha value is -2.42. The van der Waals surface area contributed by atoms with E-state index in [2.05, 4.69) is 94.7 Å². The summed E-state index contributed by atoms with van der Waals surface area (Å²) in [5, 5.41) is 0. The van der Waals surface area contributed by atoms with E-state index in [0.717, 1.165) is 32.7 Å². The van der Waals surface area contributed by atoms with Crippen molar-refractivity contribution in [2.45, 2.75) is 26.1 Å². The van der Waals surface area contributed by atoms with Crippen LogP contribution in [-0.2, 0) is 26.1 Å². The van der Waals surface area contributed by atoms with Crippen LogP contribution in [0.25, 0.3) is 0 Å². The Labute approximate surface area is 163 Å². The average molecular weight is 357 g/mol. The summed E-state index contributed by atoms with van der Waals surface area (Å²) in [7, 11) is 0. The Kier molecular flexibility index (Phi) is 5.98. The standard InChI is InChI=1S/C25H28N2/c1-3-9-22(10-4-1)19-27(20-23-11-5-2-6-12-23)18-17-26-16-15-24-13-7-8-14-25(24)21-26/h1-14H,15-21H2. The quantitative estimate of drug-likeness (QED) is 0.603. The van der Waals surface area contributed by atoms with Gasteiger partial charge in [-0.1, -0.05) is 84.9 Å². The van der Waals surface area contributed by atoms with Crippen molar-refractivity contribution in [3.05, 3.63) is 107 Å². The molecule has 0 unspecified atom stereocenters. The third-order valence-corrected chi connectivity index (χ3v) is 5.44. The molecule has 1 aliphatic heterocycles. The van der Waals surface area contributed by atoms with Gasteiger partial charge < -0.3 is 0 Å². The first kappa shape index (κ1) is 18.0. The van der Waals surface area contributed by atoms with Gasteiger partial charge in [0.1, 0.15) is 0 Å². The molecule has 0 atom stereocenters. The highest BCUT2D eigenvalue weighted by atomic mass is 15.2. The van der Waals surface area contributed by atoms with E-state index >= 15 is 0 Å². The summed E-state index contributed by atoms with van der Waals surface area (Å²) in [5.41, 5.74) is 5.80. The molecule has 0 spiro atoms. The predicted octanol–water partition coefficient (Wildman–Crippen LogP) is 4.75. The van der Waals surface area contributed by atoms with E-state index < -0.39 is 0 Å². The Morgan fingerprint density at radius 2 is 1.22 bits per heavy atom. The van der Waals surface area contributed by atoms with Crippen molar-refractivity contribution >= 4 is 0 Å². The molecule has 0 radical (unpaired) electrons. The summed E-state index contributed by atoms with van der Waals surface area (Å²) in [5.74, 6) is 0. The van der Waals surface area contributed by atoms with Gasteiger partial charge in [-0.15, -0.1) is 0 Å². The smallest absolute Gasteiger partial charge is 0.0237 e. The lowest BCUT2D eigenvalue weighted by Gasteiger charge is -2.31. The molecule has 0 saturated carbocycles. The lowest BCUT2D eigenvalue weighted by Crippen LogP contribution is -2.37. The van der Waals surface area contributed by atoms with E-state index in [4.69, 9.17) is 0 Å². The molecule has 1 heterocycles. The first-order valence-corrected chi connectivity index (χ1v) is 9.96. The van der Waals surface area contributed by atoms with E-state index in [0.29, 0.717) is 0 Å². The van der Waals surface area contributed by atoms with Gasteiger partial charge in [-0.3, -0.25) is 9.80 Å². The maximum absolute atomic E-state index is 2.60. The fourth-order valence-electron chi connectivity index (χ4n) is 3.93. The highest BCUT2D eigenvalue weighted by Gasteiger charge is 2.16. The lowest BCUT2D eigenvalue weighted by molar-refractivity contribution is 0.183. The SMILES string of the molecule is c1ccc(CN(CCN2CCc3ccccc3C2)Cc2ccccc2)cc1. The molecule has 2 heteroatoms. The zero-order valence-electron chi connectivity index (χ0n) is 15.9. The van der Waals surface area contributed by atoms with Gasteiger partial charge >= 0.3 is 0 Å². The molecule has 0 saturated heterocycles. The van der Waals surface area contributed by atoms with Crippen LogP contribution in [0.2, 0.25) is 0 Å². The Balaban J connectivity index is 1.40. The van der Waals surface area contributed by atoms with Gasteiger partial charge in [0.25, 0.3) is 0 Å². The number of nitrogens with zero attached hydrogens (tertiary/aromatic N) is 2. The van der Waals surface area contributed by atoms with Gasteiger partial charge in [-0.2, -0.15) is 0 Å². The summed E-state index contributed by atoms with van der Waals surface area (Å²) in [6.07, 6.45) is 1.17. The summed E-state index contributed by atoms with van der Waals surface area (Å²) in [4.78, 5) is 5.18. The Morgan fingerprint density at radius 1 is 0.667 bits per heavy atom. The minimum absolute atomic E-state index is 1.00. The van der Waals surface area contributed by atoms with Crippen LogP contribution in [0.4, 0.5) is 0 Å². The lowest BCUT2D eigenvalue weighted by atomic mass is 10.00. The zero-order chi connectivity index (χ0) is 18.3. The number of rotatable bonds is 7. The molecule has 0 fully saturated rings. The Morgan fingerprint density at radius 3 is 1.85 bits per heavy atom. The fourth-order valence-corrected chi connectivity index (χ4v) is 3.93. The second-order valence-corrected chi connectivity index (χ2v) is 7.48. The average Bonchev–Trinajstić information content (AvgIpc) is 2.73. The molecule has 0 aliphatic carbocycles. The molecule has 0 amide bonds. The molecule has 0 bridgehead atoms. The van der Waals surface area contributed by atoms with E-state index in [1.807, 2.05) is 0 Å². The molecule has 27 heavy (non-hydrogen) atoms. The maximum atomic E-state index is 2.60. The van der Waals surface area contributed by atoms with Gasteiger partial charge in [0.05, 0.1) is 0 Å². The third kappa shape index (κ3) is 5.06. The number of hydrogen-bond acceptors (Lipinski definition) is 2. The van der Waals surface area contributed by atoms with Gasteiger partial charge in [-0.05, 0) is 28.7 Å². The normalized spacial score (nSPS) is 14.3. The van der Waals surface area contributed by atoms with E-state index in [1.54, 1.807) is 0 Å². The number of fused-ring (bicyclic) bond motifs is 1. The summed E-state index contributed by atoms with van der Waals surface area (Å²) >= 11 is 0. The highest BCUT2D eigenvalue weighted by Crippen LogP contribution is 2.18. The molecule has 138 valence electrons. The van der Waals surface area contributed by atoms with Gasteiger partial charge in [0.15, 0.2) is 0 Å². The molecule has 4 rings (SSSR count). The monoisotopic (exact) mass is 356 g/mol. The first-order chi connectivity index (χ1) is 13.4. The minimum atomic E-state index is 1.00. The molecule has 1 aliphatic rings. The summed E-state index contributed by atoms with van der Waals surface area (Å²) in [6.45, 7) is 6.46. The maximum Gasteiger partial charge on any atom is 0.0237 e. The third-order valence-electron chi connectivity index (χ3n) is 5.44. The van der Waals surface area contributed by atoms with Crippen molar-refractivity contribution in [2.75, 3.05) is 19.6 Å². The van der Waals surface area contributed by atoms with Gasteiger partial charge in [0.2, 0.25) is 0 Å². The van der Waals surface area contributed by atoms with Crippen molar-refractivity contribution in [3.63, 3.8) is 0 Å². The van der Waals surface area contributed by atoms with Crippen LogP contribution in [-0.4, -0.2) is 29.4 Å². The molecular weight excluding hydrogens is 328 g/mol. The van der Waals surface area contributed by atoms with Crippen LogP contribution in [0, 0.1) is 0 Å². The van der Waals surface area contributed by atoms with Gasteiger partial charge in [0, 0.05) is 39.3 Å². The molecule has 0 N–H and O–H groups in total. The van der Waals surface area contributed by atoms with Crippen molar-refractivity contribution in [3.8, 4) is 0 Å². The van der Waals surface area contributed by atoms with Crippen molar-refractivity contribution in [1.29, 1.82) is 0 Å². The second-order valence-electron chi connectivity index (χ2n) is 7.48. The molecule has 3 aromatic carbocycles. The topological polar surface area (TPSA) is 6.48 Å². The molecule has 3 aromatic rings. The van der Waals surface area contributed by atoms with Crippen LogP contribution in [0.15, 0.2) is 84.9 Å². The summed E-state index contributed by atoms with van der Waals surface area (Å²) < 4.78 is 0. The minimum Gasteiger partial charge on any atom is -0.297 e. The highest BCUT2D eigenvalue weighted by molar-refractivity contribution is 5.29. The van der Waals surface area contributed by atoms with Crippen LogP contribution in [0.1, 0.15) is 22.3 Å². The summed E-state index contributed by atoms with van der Waals surface area (Å²) in [6, 6.07) is 30.6. The van der Waals surface area contributed by atoms with Crippen LogP contribution >= 0.6 is 0 Å². The van der Waals surface area contributed by atoms with Gasteiger partial charge in [-0.25, -0.2) is 0 Å². The molecule has 0 aromatic heterocycles. The largest absolute Gasteiger partial charge is 0.297 e.